The van der Waals surface area contributed by atoms with Gasteiger partial charge in [-0.3, -0.25) is 9.59 Å². The predicted octanol–water partition coefficient (Wildman–Crippen LogP) is 2.21. The lowest BCUT2D eigenvalue weighted by atomic mass is 10.1. The Hall–Kier alpha value is -1.36. The molecule has 2 amide bonds. The van der Waals surface area contributed by atoms with Crippen molar-refractivity contribution in [2.24, 2.45) is 11.7 Å². The van der Waals surface area contributed by atoms with Gasteiger partial charge < -0.3 is 11.1 Å². The Labute approximate surface area is 109 Å². The zero-order valence-corrected chi connectivity index (χ0v) is 11.4. The molecule has 0 aromatic heterocycles. The molecule has 1 unspecified atom stereocenters. The van der Waals surface area contributed by atoms with Gasteiger partial charge in [-0.05, 0) is 40.5 Å². The Balaban J connectivity index is 2.71. The number of nitrogens with two attached hydrogens (primary N) is 1. The van der Waals surface area contributed by atoms with E-state index < -0.39 is 11.8 Å². The molecule has 5 heteroatoms. The fourth-order valence-electron chi connectivity index (χ4n) is 1.37. The molecule has 0 fully saturated rings. The highest BCUT2D eigenvalue weighted by Crippen LogP contribution is 2.24. The number of primary amides is 1. The van der Waals surface area contributed by atoms with Crippen molar-refractivity contribution in [1.29, 1.82) is 0 Å². The molecule has 4 nitrogen and oxygen atoms in total. The molecular weight excluding hydrogens is 284 g/mol. The molecule has 1 rings (SSSR count). The van der Waals surface area contributed by atoms with Crippen molar-refractivity contribution in [2.45, 2.75) is 20.3 Å². The molecule has 0 saturated carbocycles. The van der Waals surface area contributed by atoms with Crippen LogP contribution in [0.5, 0.6) is 0 Å². The van der Waals surface area contributed by atoms with Crippen LogP contribution in [0.15, 0.2) is 22.7 Å². The van der Waals surface area contributed by atoms with Gasteiger partial charge in [-0.2, -0.15) is 0 Å². The molecule has 0 radical (unpaired) electrons. The van der Waals surface area contributed by atoms with Gasteiger partial charge in [0.1, 0.15) is 0 Å². The molecule has 17 heavy (non-hydrogen) atoms. The van der Waals surface area contributed by atoms with Gasteiger partial charge in [0, 0.05) is 16.8 Å². The molecule has 1 aromatic carbocycles. The van der Waals surface area contributed by atoms with Crippen molar-refractivity contribution in [3.05, 3.63) is 28.2 Å². The molecule has 1 atom stereocenters. The first-order chi connectivity index (χ1) is 7.90. The average Bonchev–Trinajstić information content (AvgIpc) is 2.21. The van der Waals surface area contributed by atoms with Crippen LogP contribution >= 0.6 is 15.9 Å². The molecule has 0 bridgehead atoms. The fourth-order valence-corrected chi connectivity index (χ4v) is 1.96. The Bertz CT molecular complexity index is 446. The maximum absolute atomic E-state index is 11.7. The van der Waals surface area contributed by atoms with Gasteiger partial charge in [-0.1, -0.05) is 13.0 Å². The van der Waals surface area contributed by atoms with Gasteiger partial charge in [-0.15, -0.1) is 0 Å². The number of benzene rings is 1. The number of halogens is 1. The minimum absolute atomic E-state index is 0.0509. The molecule has 0 aliphatic heterocycles. The summed E-state index contributed by atoms with van der Waals surface area (Å²) in [5, 5.41) is 2.75. The summed E-state index contributed by atoms with van der Waals surface area (Å²) in [5.74, 6) is -1.12. The Morgan fingerprint density at radius 3 is 2.65 bits per heavy atom. The molecule has 92 valence electrons. The first kappa shape index (κ1) is 13.7. The predicted molar refractivity (Wildman–Crippen MR) is 70.5 cm³/mol. The highest BCUT2D eigenvalue weighted by Gasteiger charge is 2.16. The normalized spacial score (nSPS) is 11.9. The number of anilines is 1. The van der Waals surface area contributed by atoms with Crippen LogP contribution in [0.25, 0.3) is 0 Å². The van der Waals surface area contributed by atoms with Gasteiger partial charge in [0.2, 0.25) is 11.8 Å². The van der Waals surface area contributed by atoms with Gasteiger partial charge in [0.15, 0.2) is 0 Å². The number of amides is 2. The van der Waals surface area contributed by atoms with Crippen LogP contribution in [0.1, 0.15) is 18.9 Å². The zero-order chi connectivity index (χ0) is 13.0. The van der Waals surface area contributed by atoms with E-state index >= 15 is 0 Å². The summed E-state index contributed by atoms with van der Waals surface area (Å²) in [6.07, 6.45) is 0.0509. The molecule has 0 aliphatic rings. The molecule has 1 aromatic rings. The highest BCUT2D eigenvalue weighted by atomic mass is 79.9. The smallest absolute Gasteiger partial charge is 0.227 e. The first-order valence-corrected chi connectivity index (χ1v) is 6.04. The molecular formula is C12H15BrN2O2. The van der Waals surface area contributed by atoms with Crippen molar-refractivity contribution in [3.8, 4) is 0 Å². The van der Waals surface area contributed by atoms with Gasteiger partial charge >= 0.3 is 0 Å². The quantitative estimate of drug-likeness (QED) is 0.894. The summed E-state index contributed by atoms with van der Waals surface area (Å²) in [6, 6.07) is 5.63. The van der Waals surface area contributed by atoms with E-state index in [9.17, 15) is 9.59 Å². The molecule has 0 heterocycles. The van der Waals surface area contributed by atoms with Gasteiger partial charge in [-0.25, -0.2) is 0 Å². The largest absolute Gasteiger partial charge is 0.370 e. The number of hydrogen-bond donors (Lipinski definition) is 2. The van der Waals surface area contributed by atoms with Crippen molar-refractivity contribution in [2.75, 3.05) is 5.32 Å². The third kappa shape index (κ3) is 4.19. The van der Waals surface area contributed by atoms with E-state index in [0.717, 1.165) is 10.0 Å². The topological polar surface area (TPSA) is 72.2 Å². The Morgan fingerprint density at radius 1 is 1.47 bits per heavy atom. The summed E-state index contributed by atoms with van der Waals surface area (Å²) in [6.45, 7) is 3.63. The van der Waals surface area contributed by atoms with E-state index in [1.165, 1.54) is 0 Å². The molecule has 3 N–H and O–H groups in total. The average molecular weight is 299 g/mol. The second-order valence-corrected chi connectivity index (χ2v) is 4.90. The van der Waals surface area contributed by atoms with Crippen LogP contribution in [0, 0.1) is 12.8 Å². The molecule has 0 saturated heterocycles. The SMILES string of the molecule is Cc1ccc(NC(=O)C(C)CC(N)=O)c(Br)c1. The zero-order valence-electron chi connectivity index (χ0n) is 9.79. The third-order valence-electron chi connectivity index (χ3n) is 2.34. The Morgan fingerprint density at radius 2 is 2.12 bits per heavy atom. The lowest BCUT2D eigenvalue weighted by molar-refractivity contribution is -0.125. The number of nitrogens with one attached hydrogen (secondary N) is 1. The van der Waals surface area contributed by atoms with Crippen molar-refractivity contribution < 1.29 is 9.59 Å². The number of hydrogen-bond acceptors (Lipinski definition) is 2. The van der Waals surface area contributed by atoms with Crippen LogP contribution in [-0.4, -0.2) is 11.8 Å². The summed E-state index contributed by atoms with van der Waals surface area (Å²) in [4.78, 5) is 22.5. The second-order valence-electron chi connectivity index (χ2n) is 4.04. The van der Waals surface area contributed by atoms with Crippen molar-refractivity contribution in [3.63, 3.8) is 0 Å². The summed E-state index contributed by atoms with van der Waals surface area (Å²) in [7, 11) is 0. The Kier molecular flexibility index (Phi) is 4.69. The van der Waals surface area contributed by atoms with Crippen molar-refractivity contribution >= 4 is 33.4 Å². The van der Waals surface area contributed by atoms with Gasteiger partial charge in [0.05, 0.1) is 5.69 Å². The lowest BCUT2D eigenvalue weighted by Gasteiger charge is -2.12. The third-order valence-corrected chi connectivity index (χ3v) is 2.99. The number of rotatable bonds is 4. The van der Waals surface area contributed by atoms with Crippen molar-refractivity contribution in [1.82, 2.24) is 0 Å². The summed E-state index contributed by atoms with van der Waals surface area (Å²) >= 11 is 3.37. The standard InChI is InChI=1S/C12H15BrN2O2/c1-7-3-4-10(9(13)5-7)15-12(17)8(2)6-11(14)16/h3-5,8H,6H2,1-2H3,(H2,14,16)(H,15,17). The molecule has 0 spiro atoms. The lowest BCUT2D eigenvalue weighted by Crippen LogP contribution is -2.25. The monoisotopic (exact) mass is 298 g/mol. The maximum atomic E-state index is 11.7. The van der Waals surface area contributed by atoms with Crippen LogP contribution in [0.3, 0.4) is 0 Å². The van der Waals surface area contributed by atoms with E-state index in [-0.39, 0.29) is 12.3 Å². The van der Waals surface area contributed by atoms with E-state index in [4.69, 9.17) is 5.73 Å². The molecule has 0 aliphatic carbocycles. The number of carbonyl (C=O) groups excluding carboxylic acids is 2. The highest BCUT2D eigenvalue weighted by molar-refractivity contribution is 9.10. The summed E-state index contributed by atoms with van der Waals surface area (Å²) < 4.78 is 0.817. The van der Waals surface area contributed by atoms with Crippen LogP contribution in [0.2, 0.25) is 0 Å². The van der Waals surface area contributed by atoms with Crippen LogP contribution < -0.4 is 11.1 Å². The van der Waals surface area contributed by atoms with E-state index in [2.05, 4.69) is 21.2 Å². The van der Waals surface area contributed by atoms with E-state index in [1.807, 2.05) is 25.1 Å². The first-order valence-electron chi connectivity index (χ1n) is 5.25. The van der Waals surface area contributed by atoms with Gasteiger partial charge in [0.25, 0.3) is 0 Å². The second kappa shape index (κ2) is 5.82. The minimum Gasteiger partial charge on any atom is -0.370 e. The fraction of sp³-hybridized carbons (Fsp3) is 0.333. The number of aryl methyl sites for hydroxylation is 1. The van der Waals surface area contributed by atoms with E-state index in [1.54, 1.807) is 6.92 Å². The van der Waals surface area contributed by atoms with Crippen LogP contribution in [-0.2, 0) is 9.59 Å². The summed E-state index contributed by atoms with van der Waals surface area (Å²) in [5.41, 5.74) is 6.83. The maximum Gasteiger partial charge on any atom is 0.227 e. The van der Waals surface area contributed by atoms with Crippen LogP contribution in [0.4, 0.5) is 5.69 Å². The number of carbonyl (C=O) groups is 2. The minimum atomic E-state index is -0.476. The van der Waals surface area contributed by atoms with E-state index in [0.29, 0.717) is 5.69 Å².